The lowest BCUT2D eigenvalue weighted by molar-refractivity contribution is 0.0696. The van der Waals surface area contributed by atoms with Crippen molar-refractivity contribution in [3.63, 3.8) is 0 Å². The molecule has 1 aromatic heterocycles. The molecule has 6 heteroatoms. The van der Waals surface area contributed by atoms with Gasteiger partial charge in [0.15, 0.2) is 0 Å². The predicted octanol–water partition coefficient (Wildman–Crippen LogP) is 2.41. The normalized spacial score (nSPS) is 12.2. The number of carboxylic acids is 1. The van der Waals surface area contributed by atoms with E-state index in [1.165, 1.54) is 4.57 Å². The molecule has 0 aliphatic rings. The number of hydrogen-bond acceptors (Lipinski definition) is 4. The molecule has 3 aromatic rings. The number of hydrogen-bond donors (Lipinski definition) is 3. The van der Waals surface area contributed by atoms with Crippen molar-refractivity contribution in [2.75, 3.05) is 13.2 Å². The fraction of sp³-hybridized carbons (Fsp3) is 0.238. The highest BCUT2D eigenvalue weighted by Crippen LogP contribution is 2.22. The molecule has 0 amide bonds. The van der Waals surface area contributed by atoms with Crippen molar-refractivity contribution in [1.29, 1.82) is 0 Å². The van der Waals surface area contributed by atoms with E-state index in [2.05, 4.69) is 5.32 Å². The van der Waals surface area contributed by atoms with E-state index in [4.69, 9.17) is 0 Å². The Hall–Kier alpha value is -2.96. The van der Waals surface area contributed by atoms with Crippen molar-refractivity contribution in [3.8, 4) is 5.69 Å². The summed E-state index contributed by atoms with van der Waals surface area (Å²) in [6.07, 6.45) is 0. The van der Waals surface area contributed by atoms with Gasteiger partial charge in [-0.1, -0.05) is 43.3 Å². The van der Waals surface area contributed by atoms with E-state index in [-0.39, 0.29) is 30.2 Å². The zero-order valence-electron chi connectivity index (χ0n) is 15.1. The first-order chi connectivity index (χ1) is 13.0. The molecule has 0 saturated carbocycles. The number of carboxylic acid groups (broad SMARTS) is 1. The Morgan fingerprint density at radius 1 is 1.07 bits per heavy atom. The summed E-state index contributed by atoms with van der Waals surface area (Å²) in [5, 5.41) is 23.1. The van der Waals surface area contributed by atoms with E-state index in [0.717, 1.165) is 0 Å². The van der Waals surface area contributed by atoms with Crippen LogP contribution in [0.2, 0.25) is 0 Å². The first kappa shape index (κ1) is 18.8. The topological polar surface area (TPSA) is 91.6 Å². The molecule has 0 bridgehead atoms. The largest absolute Gasteiger partial charge is 0.478 e. The Bertz CT molecular complexity index is 1010. The number of para-hydroxylation sites is 1. The second-order valence-electron chi connectivity index (χ2n) is 6.57. The fourth-order valence-corrected chi connectivity index (χ4v) is 3.16. The van der Waals surface area contributed by atoms with Gasteiger partial charge in [0.1, 0.15) is 0 Å². The average Bonchev–Trinajstić information content (AvgIpc) is 2.68. The van der Waals surface area contributed by atoms with Crippen molar-refractivity contribution < 1.29 is 15.0 Å². The van der Waals surface area contributed by atoms with Gasteiger partial charge in [0.2, 0.25) is 0 Å². The Kier molecular flexibility index (Phi) is 5.69. The third-order valence-electron chi connectivity index (χ3n) is 4.51. The highest BCUT2D eigenvalue weighted by Gasteiger charge is 2.22. The van der Waals surface area contributed by atoms with Crippen molar-refractivity contribution in [2.45, 2.75) is 13.5 Å². The summed E-state index contributed by atoms with van der Waals surface area (Å²) >= 11 is 0. The van der Waals surface area contributed by atoms with Crippen molar-refractivity contribution in [1.82, 2.24) is 9.88 Å². The van der Waals surface area contributed by atoms with E-state index in [1.54, 1.807) is 36.4 Å². The molecule has 0 spiro atoms. The third kappa shape index (κ3) is 3.77. The number of benzene rings is 2. The predicted molar refractivity (Wildman–Crippen MR) is 104 cm³/mol. The van der Waals surface area contributed by atoms with Crippen LogP contribution in [0.25, 0.3) is 16.5 Å². The lowest BCUT2D eigenvalue weighted by Gasteiger charge is -2.19. The summed E-state index contributed by atoms with van der Waals surface area (Å²) in [4.78, 5) is 25.3. The number of nitrogens with zero attached hydrogens (tertiary/aromatic N) is 1. The number of pyridine rings is 1. The van der Waals surface area contributed by atoms with Crippen LogP contribution in [0.1, 0.15) is 23.0 Å². The number of aliphatic hydroxyl groups excluding tert-OH is 1. The van der Waals surface area contributed by atoms with Crippen molar-refractivity contribution >= 4 is 16.7 Å². The maximum Gasteiger partial charge on any atom is 0.338 e. The molecule has 0 radical (unpaired) electrons. The number of nitrogens with one attached hydrogen (secondary N) is 1. The van der Waals surface area contributed by atoms with Gasteiger partial charge in [-0.25, -0.2) is 4.79 Å². The molecular formula is C21H22N2O4. The fourth-order valence-electron chi connectivity index (χ4n) is 3.16. The molecule has 1 heterocycles. The molecule has 27 heavy (non-hydrogen) atoms. The van der Waals surface area contributed by atoms with E-state index < -0.39 is 5.97 Å². The van der Waals surface area contributed by atoms with Gasteiger partial charge in [-0.3, -0.25) is 9.36 Å². The van der Waals surface area contributed by atoms with Gasteiger partial charge in [-0.05, 0) is 24.1 Å². The number of aromatic nitrogens is 1. The van der Waals surface area contributed by atoms with E-state index in [1.807, 2.05) is 25.1 Å². The zero-order valence-corrected chi connectivity index (χ0v) is 15.1. The summed E-state index contributed by atoms with van der Waals surface area (Å²) in [5.41, 5.74) is 0.859. The molecular weight excluding hydrogens is 344 g/mol. The molecule has 0 aliphatic heterocycles. The molecule has 3 N–H and O–H groups in total. The maximum absolute atomic E-state index is 13.2. The highest BCUT2D eigenvalue weighted by molar-refractivity contribution is 6.04. The van der Waals surface area contributed by atoms with E-state index in [0.29, 0.717) is 28.7 Å². The van der Waals surface area contributed by atoms with Crippen LogP contribution in [0.3, 0.4) is 0 Å². The molecule has 140 valence electrons. The van der Waals surface area contributed by atoms with Crippen LogP contribution in [0.4, 0.5) is 0 Å². The first-order valence-electron chi connectivity index (χ1n) is 8.81. The smallest absolute Gasteiger partial charge is 0.338 e. The highest BCUT2D eigenvalue weighted by atomic mass is 16.4. The van der Waals surface area contributed by atoms with Gasteiger partial charge in [0.25, 0.3) is 5.56 Å². The van der Waals surface area contributed by atoms with Gasteiger partial charge in [0.05, 0.1) is 11.3 Å². The second kappa shape index (κ2) is 8.16. The van der Waals surface area contributed by atoms with E-state index >= 15 is 0 Å². The van der Waals surface area contributed by atoms with E-state index in [9.17, 15) is 19.8 Å². The Morgan fingerprint density at radius 2 is 1.70 bits per heavy atom. The Morgan fingerprint density at radius 3 is 2.33 bits per heavy atom. The SMILES string of the molecule is CC(CO)CNCc1c(C(=O)O)c2ccccc2c(=O)n1-c1ccccc1. The summed E-state index contributed by atoms with van der Waals surface area (Å²) in [6, 6.07) is 15.8. The van der Waals surface area contributed by atoms with Gasteiger partial charge in [-0.15, -0.1) is 0 Å². The number of aliphatic hydroxyl groups is 1. The third-order valence-corrected chi connectivity index (χ3v) is 4.51. The van der Waals surface area contributed by atoms with Crippen LogP contribution >= 0.6 is 0 Å². The second-order valence-corrected chi connectivity index (χ2v) is 6.57. The number of rotatable bonds is 7. The maximum atomic E-state index is 13.2. The molecule has 1 atom stereocenters. The zero-order chi connectivity index (χ0) is 19.4. The summed E-state index contributed by atoms with van der Waals surface area (Å²) < 4.78 is 1.46. The number of carbonyl (C=O) groups is 1. The minimum atomic E-state index is -1.08. The van der Waals surface area contributed by atoms with Crippen LogP contribution in [-0.4, -0.2) is 33.9 Å². The molecule has 0 fully saturated rings. The van der Waals surface area contributed by atoms with Gasteiger partial charge < -0.3 is 15.5 Å². The van der Waals surface area contributed by atoms with Crippen molar-refractivity contribution in [3.05, 3.63) is 76.2 Å². The van der Waals surface area contributed by atoms with Crippen LogP contribution in [0, 0.1) is 5.92 Å². The first-order valence-corrected chi connectivity index (χ1v) is 8.81. The minimum Gasteiger partial charge on any atom is -0.478 e. The molecule has 3 rings (SSSR count). The average molecular weight is 366 g/mol. The summed E-state index contributed by atoms with van der Waals surface area (Å²) in [6.45, 7) is 2.62. The summed E-state index contributed by atoms with van der Waals surface area (Å²) in [7, 11) is 0. The standard InChI is InChI=1S/C21H22N2O4/c1-14(13-24)11-22-12-18-19(21(26)27)16-9-5-6-10-17(16)20(25)23(18)15-7-3-2-4-8-15/h2-10,14,22,24H,11-13H2,1H3,(H,26,27). The Balaban J connectivity index is 2.26. The monoisotopic (exact) mass is 366 g/mol. The van der Waals surface area contributed by atoms with Crippen LogP contribution < -0.4 is 10.9 Å². The minimum absolute atomic E-state index is 0.0237. The number of aromatic carboxylic acids is 1. The van der Waals surface area contributed by atoms with Crippen LogP contribution in [-0.2, 0) is 6.54 Å². The van der Waals surface area contributed by atoms with Gasteiger partial charge in [-0.2, -0.15) is 0 Å². The lowest BCUT2D eigenvalue weighted by Crippen LogP contribution is -2.31. The number of fused-ring (bicyclic) bond motifs is 1. The lowest BCUT2D eigenvalue weighted by atomic mass is 10.0. The molecule has 6 nitrogen and oxygen atoms in total. The van der Waals surface area contributed by atoms with Gasteiger partial charge in [0, 0.05) is 36.2 Å². The summed E-state index contributed by atoms with van der Waals surface area (Å²) in [5.74, 6) is -1.06. The van der Waals surface area contributed by atoms with Gasteiger partial charge >= 0.3 is 5.97 Å². The van der Waals surface area contributed by atoms with Crippen LogP contribution in [0.5, 0.6) is 0 Å². The van der Waals surface area contributed by atoms with Crippen molar-refractivity contribution in [2.24, 2.45) is 5.92 Å². The Labute approximate surface area is 156 Å². The quantitative estimate of drug-likeness (QED) is 0.597. The molecule has 2 aromatic carbocycles. The molecule has 0 aliphatic carbocycles. The van der Waals surface area contributed by atoms with Crippen LogP contribution in [0.15, 0.2) is 59.4 Å². The molecule has 1 unspecified atom stereocenters. The molecule has 0 saturated heterocycles.